The number of carbonyl (C=O) groups is 2. The van der Waals surface area contributed by atoms with Gasteiger partial charge in [0.25, 0.3) is 5.91 Å². The average Bonchev–Trinajstić information content (AvgIpc) is 3.27. The van der Waals surface area contributed by atoms with Gasteiger partial charge in [0.1, 0.15) is 11.8 Å². The largest absolute Gasteiger partial charge is 0.495 e. The molecule has 1 aromatic heterocycles. The summed E-state index contributed by atoms with van der Waals surface area (Å²) < 4.78 is 10.7. The van der Waals surface area contributed by atoms with E-state index >= 15 is 0 Å². The fraction of sp³-hybridized carbons (Fsp3) is 0.478. The number of hydrogen-bond acceptors (Lipinski definition) is 5. The van der Waals surface area contributed by atoms with Crippen LogP contribution in [0.3, 0.4) is 0 Å². The molecule has 3 rings (SSSR count). The number of carbonyl (C=O) groups excluding carboxylic acids is 2. The molecule has 1 aliphatic rings. The number of ether oxygens (including phenoxy) is 1. The Hall–Kier alpha value is -2.96. The number of hydrogen-bond donors (Lipinski definition) is 1. The summed E-state index contributed by atoms with van der Waals surface area (Å²) in [4.78, 5) is 28.9. The Morgan fingerprint density at radius 1 is 1.10 bits per heavy atom. The molecule has 0 unspecified atom stereocenters. The molecule has 2 heterocycles. The number of anilines is 1. The molecule has 7 nitrogen and oxygen atoms in total. The van der Waals surface area contributed by atoms with Crippen molar-refractivity contribution in [1.82, 2.24) is 9.80 Å². The summed E-state index contributed by atoms with van der Waals surface area (Å²) in [5, 5.41) is 3.32. The average molecular weight is 414 g/mol. The molecule has 2 amide bonds. The minimum absolute atomic E-state index is 0.00307. The highest BCUT2D eigenvalue weighted by atomic mass is 16.5. The second-order valence-corrected chi connectivity index (χ2v) is 8.63. The topological polar surface area (TPSA) is 75.0 Å². The Labute approximate surface area is 178 Å². The number of nitrogens with zero attached hydrogens (tertiary/aromatic N) is 2. The highest BCUT2D eigenvalue weighted by Crippen LogP contribution is 2.32. The summed E-state index contributed by atoms with van der Waals surface area (Å²) in [6.07, 6.45) is 1.49. The van der Waals surface area contributed by atoms with Crippen LogP contribution in [0, 0.1) is 0 Å². The Balaban J connectivity index is 1.62. The quantitative estimate of drug-likeness (QED) is 0.813. The highest BCUT2D eigenvalue weighted by Gasteiger charge is 2.28. The van der Waals surface area contributed by atoms with Crippen LogP contribution in [-0.2, 0) is 10.2 Å². The van der Waals surface area contributed by atoms with Gasteiger partial charge in [-0.3, -0.25) is 9.59 Å². The first-order valence-corrected chi connectivity index (χ1v) is 10.3. The first-order valence-electron chi connectivity index (χ1n) is 10.3. The van der Waals surface area contributed by atoms with Crippen LogP contribution in [0.2, 0.25) is 0 Å². The van der Waals surface area contributed by atoms with Gasteiger partial charge in [0.05, 0.1) is 19.1 Å². The van der Waals surface area contributed by atoms with Crippen molar-refractivity contribution in [3.8, 4) is 5.75 Å². The molecule has 1 aromatic carbocycles. The molecule has 1 fully saturated rings. The molecule has 1 atom stereocenters. The number of rotatable bonds is 5. The van der Waals surface area contributed by atoms with Crippen molar-refractivity contribution in [2.75, 3.05) is 38.6 Å². The fourth-order valence-electron chi connectivity index (χ4n) is 3.54. The van der Waals surface area contributed by atoms with E-state index in [2.05, 4.69) is 26.1 Å². The minimum atomic E-state index is -0.415. The van der Waals surface area contributed by atoms with E-state index < -0.39 is 6.04 Å². The van der Waals surface area contributed by atoms with Gasteiger partial charge in [-0.25, -0.2) is 0 Å². The van der Waals surface area contributed by atoms with Crippen LogP contribution < -0.4 is 10.1 Å². The van der Waals surface area contributed by atoms with Crippen molar-refractivity contribution in [2.45, 2.75) is 39.2 Å². The lowest BCUT2D eigenvalue weighted by atomic mass is 9.86. The number of benzene rings is 1. The Morgan fingerprint density at radius 3 is 2.33 bits per heavy atom. The molecule has 2 aromatic rings. The van der Waals surface area contributed by atoms with E-state index in [9.17, 15) is 9.59 Å². The molecule has 30 heavy (non-hydrogen) atoms. The number of furan rings is 1. The molecule has 162 valence electrons. The third-order valence-electron chi connectivity index (χ3n) is 5.42. The molecular weight excluding hydrogens is 382 g/mol. The molecule has 1 aliphatic heterocycles. The zero-order valence-electron chi connectivity index (χ0n) is 18.4. The maximum absolute atomic E-state index is 13.0. The maximum atomic E-state index is 13.0. The molecule has 1 saturated heterocycles. The molecule has 0 bridgehead atoms. The van der Waals surface area contributed by atoms with Crippen LogP contribution in [0.5, 0.6) is 5.75 Å². The minimum Gasteiger partial charge on any atom is -0.495 e. The standard InChI is InChI=1S/C23H31N3O4/c1-16(24-18-15-17(23(2,3)4)8-9-19(18)29-5)21(27)25-10-12-26(13-11-25)22(28)20-7-6-14-30-20/h6-9,14-16,24H,10-13H2,1-5H3/t16-/m1/s1. The Bertz CT molecular complexity index is 878. The van der Waals surface area contributed by atoms with Crippen LogP contribution in [-0.4, -0.2) is 60.9 Å². The molecule has 0 spiro atoms. The van der Waals surface area contributed by atoms with Gasteiger partial charge in [0, 0.05) is 26.2 Å². The van der Waals surface area contributed by atoms with Gasteiger partial charge in [-0.05, 0) is 42.2 Å². The van der Waals surface area contributed by atoms with Crippen LogP contribution in [0.4, 0.5) is 5.69 Å². The third kappa shape index (κ3) is 4.78. The van der Waals surface area contributed by atoms with E-state index in [1.165, 1.54) is 6.26 Å². The summed E-state index contributed by atoms with van der Waals surface area (Å²) in [5.41, 5.74) is 1.96. The number of nitrogens with one attached hydrogen (secondary N) is 1. The third-order valence-corrected chi connectivity index (χ3v) is 5.42. The zero-order chi connectivity index (χ0) is 21.9. The fourth-order valence-corrected chi connectivity index (χ4v) is 3.54. The molecule has 0 aliphatic carbocycles. The second kappa shape index (κ2) is 8.81. The molecule has 0 radical (unpaired) electrons. The van der Waals surface area contributed by atoms with Gasteiger partial charge in [-0.15, -0.1) is 0 Å². The van der Waals surface area contributed by atoms with E-state index in [0.717, 1.165) is 11.3 Å². The number of piperazine rings is 1. The predicted octanol–water partition coefficient (Wildman–Crippen LogP) is 3.37. The molecule has 7 heteroatoms. The molecule has 0 saturated carbocycles. The van der Waals surface area contributed by atoms with Gasteiger partial charge >= 0.3 is 0 Å². The van der Waals surface area contributed by atoms with E-state index in [1.807, 2.05) is 25.1 Å². The van der Waals surface area contributed by atoms with Crippen LogP contribution in [0.25, 0.3) is 0 Å². The van der Waals surface area contributed by atoms with Gasteiger partial charge < -0.3 is 24.3 Å². The zero-order valence-corrected chi connectivity index (χ0v) is 18.4. The van der Waals surface area contributed by atoms with E-state index in [-0.39, 0.29) is 17.2 Å². The summed E-state index contributed by atoms with van der Waals surface area (Å²) in [6, 6.07) is 8.96. The maximum Gasteiger partial charge on any atom is 0.289 e. The van der Waals surface area contributed by atoms with Gasteiger partial charge in [-0.1, -0.05) is 26.8 Å². The Kier molecular flexibility index (Phi) is 6.39. The normalized spacial score (nSPS) is 15.6. The number of amides is 2. The lowest BCUT2D eigenvalue weighted by Crippen LogP contribution is -2.53. The summed E-state index contributed by atoms with van der Waals surface area (Å²) in [6.45, 7) is 10.3. The number of methoxy groups -OCH3 is 1. The van der Waals surface area contributed by atoms with Crippen molar-refractivity contribution >= 4 is 17.5 Å². The predicted molar refractivity (Wildman–Crippen MR) is 116 cm³/mol. The van der Waals surface area contributed by atoms with Crippen molar-refractivity contribution in [3.05, 3.63) is 47.9 Å². The first-order chi connectivity index (χ1) is 14.2. The van der Waals surface area contributed by atoms with Gasteiger partial charge in [0.2, 0.25) is 5.91 Å². The van der Waals surface area contributed by atoms with Crippen LogP contribution in [0.15, 0.2) is 41.0 Å². The van der Waals surface area contributed by atoms with Crippen molar-refractivity contribution in [1.29, 1.82) is 0 Å². The molecule has 1 N–H and O–H groups in total. The Morgan fingerprint density at radius 2 is 1.77 bits per heavy atom. The van der Waals surface area contributed by atoms with Crippen molar-refractivity contribution in [2.24, 2.45) is 0 Å². The lowest BCUT2D eigenvalue weighted by molar-refractivity contribution is -0.133. The van der Waals surface area contributed by atoms with Gasteiger partial charge in [-0.2, -0.15) is 0 Å². The smallest absolute Gasteiger partial charge is 0.289 e. The second-order valence-electron chi connectivity index (χ2n) is 8.63. The summed E-state index contributed by atoms with van der Waals surface area (Å²) in [5.74, 6) is 0.900. The van der Waals surface area contributed by atoms with E-state index in [4.69, 9.17) is 9.15 Å². The lowest BCUT2D eigenvalue weighted by Gasteiger charge is -2.36. The van der Waals surface area contributed by atoms with E-state index in [1.54, 1.807) is 29.0 Å². The van der Waals surface area contributed by atoms with Crippen molar-refractivity contribution < 1.29 is 18.7 Å². The van der Waals surface area contributed by atoms with Gasteiger partial charge in [0.15, 0.2) is 5.76 Å². The molecular formula is C23H31N3O4. The first kappa shape index (κ1) is 21.7. The SMILES string of the molecule is COc1ccc(C(C)(C)C)cc1N[C@H](C)C(=O)N1CCN(C(=O)c2ccco2)CC1. The summed E-state index contributed by atoms with van der Waals surface area (Å²) in [7, 11) is 1.62. The van der Waals surface area contributed by atoms with Crippen molar-refractivity contribution in [3.63, 3.8) is 0 Å². The highest BCUT2D eigenvalue weighted by molar-refractivity contribution is 5.92. The van der Waals surface area contributed by atoms with Crippen LogP contribution >= 0.6 is 0 Å². The summed E-state index contributed by atoms with van der Waals surface area (Å²) >= 11 is 0. The monoisotopic (exact) mass is 413 g/mol. The van der Waals surface area contributed by atoms with Crippen LogP contribution in [0.1, 0.15) is 43.8 Å². The van der Waals surface area contributed by atoms with E-state index in [0.29, 0.717) is 37.7 Å².